The van der Waals surface area contributed by atoms with Crippen LogP contribution in [0.5, 0.6) is 0 Å². The van der Waals surface area contributed by atoms with Crippen LogP contribution in [-0.2, 0) is 9.53 Å². The maximum Gasteiger partial charge on any atom is 0.229 e. The molecule has 1 aromatic carbocycles. The number of nitrogen functional groups attached to an aromatic ring is 1. The molecular formula is C15H21N3O2. The summed E-state index contributed by atoms with van der Waals surface area (Å²) in [4.78, 5) is 14.2. The Labute approximate surface area is 119 Å². The van der Waals surface area contributed by atoms with Gasteiger partial charge in [-0.15, -0.1) is 0 Å². The fraction of sp³-hybridized carbons (Fsp3) is 0.467. The van der Waals surface area contributed by atoms with E-state index in [-0.39, 0.29) is 11.8 Å². The van der Waals surface area contributed by atoms with Crippen molar-refractivity contribution in [3.63, 3.8) is 0 Å². The highest BCUT2D eigenvalue weighted by molar-refractivity contribution is 5.83. The fourth-order valence-electron chi connectivity index (χ4n) is 1.96. The largest absolute Gasteiger partial charge is 0.399 e. The van der Waals surface area contributed by atoms with Gasteiger partial charge in [0, 0.05) is 25.9 Å². The summed E-state index contributed by atoms with van der Waals surface area (Å²) in [5.74, 6) is -0.294. The molecule has 0 spiro atoms. The second-order valence-electron chi connectivity index (χ2n) is 4.62. The predicted molar refractivity (Wildman–Crippen MR) is 78.0 cm³/mol. The monoisotopic (exact) mass is 275 g/mol. The molecule has 0 heterocycles. The number of methoxy groups -OCH3 is 1. The van der Waals surface area contributed by atoms with E-state index in [4.69, 9.17) is 15.7 Å². The SMILES string of the molecule is COCCN(CCC#N)C(=O)C(C)c1cccc(N)c1. The smallest absolute Gasteiger partial charge is 0.229 e. The first-order valence-electron chi connectivity index (χ1n) is 6.60. The van der Waals surface area contributed by atoms with Gasteiger partial charge in [-0.1, -0.05) is 12.1 Å². The quantitative estimate of drug-likeness (QED) is 0.769. The molecule has 0 aliphatic heterocycles. The molecule has 20 heavy (non-hydrogen) atoms. The van der Waals surface area contributed by atoms with E-state index < -0.39 is 0 Å². The number of nitrogens with zero attached hydrogens (tertiary/aromatic N) is 2. The first-order valence-corrected chi connectivity index (χ1v) is 6.60. The van der Waals surface area contributed by atoms with Gasteiger partial charge >= 0.3 is 0 Å². The lowest BCUT2D eigenvalue weighted by molar-refractivity contribution is -0.133. The number of benzene rings is 1. The van der Waals surface area contributed by atoms with E-state index in [1.54, 1.807) is 24.1 Å². The number of carbonyl (C=O) groups excluding carboxylic acids is 1. The molecule has 2 N–H and O–H groups in total. The summed E-state index contributed by atoms with van der Waals surface area (Å²) < 4.78 is 5.01. The minimum atomic E-state index is -0.283. The van der Waals surface area contributed by atoms with Crippen LogP contribution in [0.25, 0.3) is 0 Å². The van der Waals surface area contributed by atoms with Crippen LogP contribution in [0.3, 0.4) is 0 Å². The molecule has 108 valence electrons. The standard InChI is InChI=1S/C15H21N3O2/c1-12(13-5-3-6-14(17)11-13)15(19)18(8-4-7-16)9-10-20-2/h3,5-6,11-12H,4,8-10,17H2,1-2H3. The molecule has 5 heteroatoms. The average Bonchev–Trinajstić information content (AvgIpc) is 2.46. The molecule has 0 aliphatic carbocycles. The van der Waals surface area contributed by atoms with Crippen molar-refractivity contribution in [1.82, 2.24) is 4.90 Å². The number of nitrogens with two attached hydrogens (primary N) is 1. The molecule has 1 atom stereocenters. The van der Waals surface area contributed by atoms with Crippen LogP contribution in [0.15, 0.2) is 24.3 Å². The minimum Gasteiger partial charge on any atom is -0.399 e. The van der Waals surface area contributed by atoms with Gasteiger partial charge in [-0.3, -0.25) is 4.79 Å². The van der Waals surface area contributed by atoms with Gasteiger partial charge in [-0.05, 0) is 24.6 Å². The Kier molecular flexibility index (Phi) is 6.54. The van der Waals surface area contributed by atoms with Crippen LogP contribution < -0.4 is 5.73 Å². The molecule has 1 aromatic rings. The van der Waals surface area contributed by atoms with Gasteiger partial charge in [0.15, 0.2) is 0 Å². The molecule has 0 aliphatic rings. The summed E-state index contributed by atoms with van der Waals surface area (Å²) in [6.45, 7) is 3.22. The van der Waals surface area contributed by atoms with Gasteiger partial charge in [0.1, 0.15) is 0 Å². The highest BCUT2D eigenvalue weighted by Gasteiger charge is 2.21. The number of anilines is 1. The Morgan fingerprint density at radius 1 is 1.50 bits per heavy atom. The summed E-state index contributed by atoms with van der Waals surface area (Å²) in [7, 11) is 1.59. The first kappa shape index (κ1) is 16.0. The Morgan fingerprint density at radius 3 is 2.85 bits per heavy atom. The van der Waals surface area contributed by atoms with E-state index >= 15 is 0 Å². The van der Waals surface area contributed by atoms with Crippen LogP contribution in [0.2, 0.25) is 0 Å². The Balaban J connectivity index is 2.79. The van der Waals surface area contributed by atoms with Crippen molar-refractivity contribution < 1.29 is 9.53 Å². The average molecular weight is 275 g/mol. The molecule has 1 rings (SSSR count). The lowest BCUT2D eigenvalue weighted by Crippen LogP contribution is -2.37. The summed E-state index contributed by atoms with van der Waals surface area (Å²) in [5.41, 5.74) is 7.27. The van der Waals surface area contributed by atoms with Crippen LogP contribution in [-0.4, -0.2) is 37.6 Å². The second-order valence-corrected chi connectivity index (χ2v) is 4.62. The van der Waals surface area contributed by atoms with Crippen molar-refractivity contribution in [2.24, 2.45) is 0 Å². The van der Waals surface area contributed by atoms with Crippen molar-refractivity contribution in [3.8, 4) is 6.07 Å². The second kappa shape index (κ2) is 8.18. The third kappa shape index (κ3) is 4.56. The van der Waals surface area contributed by atoms with E-state index in [9.17, 15) is 4.79 Å². The lowest BCUT2D eigenvalue weighted by Gasteiger charge is -2.25. The Hall–Kier alpha value is -2.06. The molecular weight excluding hydrogens is 254 g/mol. The van der Waals surface area contributed by atoms with Crippen LogP contribution >= 0.6 is 0 Å². The molecule has 0 bridgehead atoms. The molecule has 1 amide bonds. The molecule has 0 saturated heterocycles. The zero-order valence-electron chi connectivity index (χ0n) is 12.0. The zero-order chi connectivity index (χ0) is 15.0. The summed E-state index contributed by atoms with van der Waals surface area (Å²) in [5, 5.41) is 8.68. The van der Waals surface area contributed by atoms with E-state index in [1.807, 2.05) is 19.1 Å². The van der Waals surface area contributed by atoms with Crippen molar-refractivity contribution in [2.75, 3.05) is 32.5 Å². The lowest BCUT2D eigenvalue weighted by atomic mass is 9.99. The highest BCUT2D eigenvalue weighted by Crippen LogP contribution is 2.20. The van der Waals surface area contributed by atoms with E-state index in [1.165, 1.54) is 0 Å². The van der Waals surface area contributed by atoms with Gasteiger partial charge in [0.2, 0.25) is 5.91 Å². The van der Waals surface area contributed by atoms with E-state index in [0.717, 1.165) is 5.56 Å². The van der Waals surface area contributed by atoms with E-state index in [2.05, 4.69) is 6.07 Å². The number of carbonyl (C=O) groups is 1. The number of hydrogen-bond donors (Lipinski definition) is 1. The van der Waals surface area contributed by atoms with Crippen molar-refractivity contribution in [1.29, 1.82) is 5.26 Å². The Morgan fingerprint density at radius 2 is 2.25 bits per heavy atom. The van der Waals surface area contributed by atoms with Crippen LogP contribution in [0, 0.1) is 11.3 Å². The maximum absolute atomic E-state index is 12.5. The first-order chi connectivity index (χ1) is 9.60. The predicted octanol–water partition coefficient (Wildman–Crippen LogP) is 1.76. The van der Waals surface area contributed by atoms with E-state index in [0.29, 0.717) is 31.8 Å². The van der Waals surface area contributed by atoms with Crippen molar-refractivity contribution in [2.45, 2.75) is 19.3 Å². The zero-order valence-corrected chi connectivity index (χ0v) is 12.0. The summed E-state index contributed by atoms with van der Waals surface area (Å²) >= 11 is 0. The highest BCUT2D eigenvalue weighted by atomic mass is 16.5. The van der Waals surface area contributed by atoms with Gasteiger partial charge in [-0.2, -0.15) is 5.26 Å². The van der Waals surface area contributed by atoms with Gasteiger partial charge in [0.25, 0.3) is 0 Å². The minimum absolute atomic E-state index is 0.0112. The molecule has 0 saturated carbocycles. The van der Waals surface area contributed by atoms with Crippen molar-refractivity contribution >= 4 is 11.6 Å². The summed E-state index contributed by atoms with van der Waals surface area (Å²) in [6, 6.07) is 9.38. The molecule has 0 fully saturated rings. The molecule has 1 unspecified atom stereocenters. The number of rotatable bonds is 7. The number of hydrogen-bond acceptors (Lipinski definition) is 4. The molecule has 0 radical (unpaired) electrons. The normalized spacial score (nSPS) is 11.7. The van der Waals surface area contributed by atoms with Crippen molar-refractivity contribution in [3.05, 3.63) is 29.8 Å². The van der Waals surface area contributed by atoms with Gasteiger partial charge in [0.05, 0.1) is 25.0 Å². The number of nitriles is 1. The topological polar surface area (TPSA) is 79.3 Å². The summed E-state index contributed by atoms with van der Waals surface area (Å²) in [6.07, 6.45) is 0.319. The Bertz CT molecular complexity index is 482. The number of ether oxygens (including phenoxy) is 1. The fourth-order valence-corrected chi connectivity index (χ4v) is 1.96. The maximum atomic E-state index is 12.5. The van der Waals surface area contributed by atoms with Gasteiger partial charge in [-0.25, -0.2) is 0 Å². The van der Waals surface area contributed by atoms with Crippen LogP contribution in [0.1, 0.15) is 24.8 Å². The van der Waals surface area contributed by atoms with Gasteiger partial charge < -0.3 is 15.4 Å². The third-order valence-corrected chi connectivity index (χ3v) is 3.15. The molecule has 0 aromatic heterocycles. The third-order valence-electron chi connectivity index (χ3n) is 3.15. The number of amides is 1. The molecule has 5 nitrogen and oxygen atoms in total. The van der Waals surface area contributed by atoms with Crippen LogP contribution in [0.4, 0.5) is 5.69 Å².